The molecule has 5 heteroatoms. The summed E-state index contributed by atoms with van der Waals surface area (Å²) in [5.41, 5.74) is 0. The van der Waals surface area contributed by atoms with Crippen molar-refractivity contribution in [3.63, 3.8) is 0 Å². The van der Waals surface area contributed by atoms with E-state index in [-0.39, 0.29) is 5.82 Å². The van der Waals surface area contributed by atoms with E-state index in [0.717, 1.165) is 39.1 Å². The van der Waals surface area contributed by atoms with Crippen LogP contribution in [0.4, 0.5) is 4.39 Å². The van der Waals surface area contributed by atoms with Crippen LogP contribution in [0.25, 0.3) is 0 Å². The molecular formula is C14H21BrFNO2. The molecule has 0 radical (unpaired) electrons. The van der Waals surface area contributed by atoms with Crippen molar-refractivity contribution in [1.29, 1.82) is 0 Å². The van der Waals surface area contributed by atoms with E-state index in [1.807, 2.05) is 0 Å². The Kier molecular flexibility index (Phi) is 8.79. The van der Waals surface area contributed by atoms with Crippen molar-refractivity contribution >= 4 is 15.9 Å². The molecule has 1 N–H and O–H groups in total. The minimum atomic E-state index is -0.276. The average Bonchev–Trinajstić information content (AvgIpc) is 2.39. The van der Waals surface area contributed by atoms with Crippen LogP contribution in [0.15, 0.2) is 22.7 Å². The Morgan fingerprint density at radius 3 is 2.74 bits per heavy atom. The third-order valence-corrected chi connectivity index (χ3v) is 3.12. The average molecular weight is 334 g/mol. The number of ether oxygens (including phenoxy) is 2. The quantitative estimate of drug-likeness (QED) is 0.666. The summed E-state index contributed by atoms with van der Waals surface area (Å²) in [5, 5.41) is 3.22. The maximum atomic E-state index is 12.9. The van der Waals surface area contributed by atoms with Crippen LogP contribution in [-0.4, -0.2) is 32.9 Å². The molecule has 0 saturated heterocycles. The van der Waals surface area contributed by atoms with Gasteiger partial charge in [0.1, 0.15) is 18.2 Å². The molecule has 0 saturated carbocycles. The summed E-state index contributed by atoms with van der Waals surface area (Å²) >= 11 is 3.26. The van der Waals surface area contributed by atoms with Gasteiger partial charge in [-0.3, -0.25) is 0 Å². The number of hydrogen-bond acceptors (Lipinski definition) is 3. The van der Waals surface area contributed by atoms with Gasteiger partial charge < -0.3 is 14.8 Å². The van der Waals surface area contributed by atoms with Crippen LogP contribution < -0.4 is 10.1 Å². The summed E-state index contributed by atoms with van der Waals surface area (Å²) in [6, 6.07) is 4.40. The number of benzene rings is 1. The van der Waals surface area contributed by atoms with E-state index in [0.29, 0.717) is 16.8 Å². The Bertz CT molecular complexity index is 363. The summed E-state index contributed by atoms with van der Waals surface area (Å²) in [6.07, 6.45) is 2.27. The van der Waals surface area contributed by atoms with E-state index in [9.17, 15) is 4.39 Å². The molecule has 0 aromatic heterocycles. The molecule has 0 unspecified atom stereocenters. The van der Waals surface area contributed by atoms with E-state index >= 15 is 0 Å². The topological polar surface area (TPSA) is 30.5 Å². The summed E-state index contributed by atoms with van der Waals surface area (Å²) < 4.78 is 24.4. The summed E-state index contributed by atoms with van der Waals surface area (Å²) in [5.74, 6) is 0.379. The summed E-state index contributed by atoms with van der Waals surface area (Å²) in [7, 11) is 0. The second-order valence-electron chi connectivity index (χ2n) is 4.14. The van der Waals surface area contributed by atoms with Crippen molar-refractivity contribution in [1.82, 2.24) is 5.32 Å². The molecule has 0 bridgehead atoms. The van der Waals surface area contributed by atoms with Gasteiger partial charge in [0.05, 0.1) is 11.1 Å². The Labute approximate surface area is 122 Å². The Balaban J connectivity index is 2.01. The van der Waals surface area contributed by atoms with E-state index < -0.39 is 0 Å². The minimum absolute atomic E-state index is 0.276. The van der Waals surface area contributed by atoms with Crippen LogP contribution in [-0.2, 0) is 4.74 Å². The predicted molar refractivity (Wildman–Crippen MR) is 78.2 cm³/mol. The highest BCUT2D eigenvalue weighted by molar-refractivity contribution is 9.10. The van der Waals surface area contributed by atoms with Gasteiger partial charge in [-0.25, -0.2) is 4.39 Å². The maximum absolute atomic E-state index is 12.9. The Morgan fingerprint density at radius 2 is 2.00 bits per heavy atom. The smallest absolute Gasteiger partial charge is 0.133 e. The fraction of sp³-hybridized carbons (Fsp3) is 0.571. The molecule has 19 heavy (non-hydrogen) atoms. The highest BCUT2D eigenvalue weighted by Crippen LogP contribution is 2.25. The number of hydrogen-bond donors (Lipinski definition) is 1. The van der Waals surface area contributed by atoms with Gasteiger partial charge in [-0.15, -0.1) is 0 Å². The lowest BCUT2D eigenvalue weighted by molar-refractivity contribution is 0.132. The van der Waals surface area contributed by atoms with Crippen LogP contribution in [0.2, 0.25) is 0 Å². The molecule has 1 aromatic rings. The zero-order valence-electron chi connectivity index (χ0n) is 11.3. The minimum Gasteiger partial charge on any atom is -0.491 e. The molecule has 3 nitrogen and oxygen atoms in total. The highest BCUT2D eigenvalue weighted by Gasteiger charge is 2.01. The zero-order chi connectivity index (χ0) is 13.9. The van der Waals surface area contributed by atoms with Crippen LogP contribution in [0, 0.1) is 5.82 Å². The van der Waals surface area contributed by atoms with Crippen molar-refractivity contribution in [3.8, 4) is 5.75 Å². The molecule has 1 aromatic carbocycles. The van der Waals surface area contributed by atoms with Crippen LogP contribution in [0.1, 0.15) is 19.8 Å². The standard InChI is InChI=1S/C14H21BrFNO2/c1-2-3-8-18-9-6-17-7-10-19-14-5-4-12(16)11-13(14)15/h4-5,11,17H,2-3,6-10H2,1H3. The molecule has 0 atom stereocenters. The lowest BCUT2D eigenvalue weighted by Crippen LogP contribution is -2.25. The lowest BCUT2D eigenvalue weighted by atomic mass is 10.3. The van der Waals surface area contributed by atoms with Crippen molar-refractivity contribution < 1.29 is 13.9 Å². The predicted octanol–water partition coefficient (Wildman–Crippen LogP) is 3.37. The molecule has 0 spiro atoms. The molecule has 0 aliphatic rings. The number of nitrogens with one attached hydrogen (secondary N) is 1. The van der Waals surface area contributed by atoms with Crippen LogP contribution >= 0.6 is 15.9 Å². The van der Waals surface area contributed by atoms with Gasteiger partial charge in [-0.05, 0) is 40.5 Å². The molecule has 0 aliphatic carbocycles. The molecular weight excluding hydrogens is 313 g/mol. The molecule has 0 amide bonds. The molecule has 0 heterocycles. The zero-order valence-corrected chi connectivity index (χ0v) is 12.8. The summed E-state index contributed by atoms with van der Waals surface area (Å²) in [4.78, 5) is 0. The second kappa shape index (κ2) is 10.2. The first-order chi connectivity index (χ1) is 9.24. The first kappa shape index (κ1) is 16.4. The largest absolute Gasteiger partial charge is 0.491 e. The van der Waals surface area contributed by atoms with Crippen LogP contribution in [0.5, 0.6) is 5.75 Å². The van der Waals surface area contributed by atoms with Gasteiger partial charge in [0, 0.05) is 19.7 Å². The van der Waals surface area contributed by atoms with Gasteiger partial charge in [-0.2, -0.15) is 0 Å². The van der Waals surface area contributed by atoms with Gasteiger partial charge in [-0.1, -0.05) is 13.3 Å². The third kappa shape index (κ3) is 7.50. The van der Waals surface area contributed by atoms with Crippen molar-refractivity contribution in [3.05, 3.63) is 28.5 Å². The van der Waals surface area contributed by atoms with E-state index in [1.165, 1.54) is 12.1 Å². The number of rotatable bonds is 10. The number of halogens is 2. The second-order valence-corrected chi connectivity index (χ2v) is 4.99. The summed E-state index contributed by atoms with van der Waals surface area (Å²) in [6.45, 7) is 5.79. The molecule has 0 fully saturated rings. The molecule has 1 rings (SSSR count). The van der Waals surface area contributed by atoms with E-state index in [4.69, 9.17) is 9.47 Å². The normalized spacial score (nSPS) is 10.7. The van der Waals surface area contributed by atoms with Crippen molar-refractivity contribution in [2.24, 2.45) is 0 Å². The van der Waals surface area contributed by atoms with E-state index in [2.05, 4.69) is 28.2 Å². The highest BCUT2D eigenvalue weighted by atomic mass is 79.9. The monoisotopic (exact) mass is 333 g/mol. The molecule has 108 valence electrons. The SMILES string of the molecule is CCCCOCCNCCOc1ccc(F)cc1Br. The molecule has 0 aliphatic heterocycles. The maximum Gasteiger partial charge on any atom is 0.133 e. The van der Waals surface area contributed by atoms with E-state index in [1.54, 1.807) is 6.07 Å². The van der Waals surface area contributed by atoms with Gasteiger partial charge in [0.2, 0.25) is 0 Å². The Morgan fingerprint density at radius 1 is 1.21 bits per heavy atom. The van der Waals surface area contributed by atoms with Crippen molar-refractivity contribution in [2.45, 2.75) is 19.8 Å². The fourth-order valence-corrected chi connectivity index (χ4v) is 1.91. The lowest BCUT2D eigenvalue weighted by Gasteiger charge is -2.09. The first-order valence-electron chi connectivity index (χ1n) is 6.60. The van der Waals surface area contributed by atoms with Gasteiger partial charge >= 0.3 is 0 Å². The number of unbranched alkanes of at least 4 members (excludes halogenated alkanes) is 1. The fourth-order valence-electron chi connectivity index (χ4n) is 1.44. The third-order valence-electron chi connectivity index (χ3n) is 2.50. The Hall–Kier alpha value is -0.650. The van der Waals surface area contributed by atoms with Crippen molar-refractivity contribution in [2.75, 3.05) is 32.9 Å². The van der Waals surface area contributed by atoms with Gasteiger partial charge in [0.15, 0.2) is 0 Å². The first-order valence-corrected chi connectivity index (χ1v) is 7.39. The van der Waals surface area contributed by atoms with Gasteiger partial charge in [0.25, 0.3) is 0 Å². The van der Waals surface area contributed by atoms with Crippen LogP contribution in [0.3, 0.4) is 0 Å².